The molecule has 2 aliphatic carbocycles. The van der Waals surface area contributed by atoms with Crippen LogP contribution in [0.25, 0.3) is 5.57 Å². The molecular weight excluding hydrogens is 288 g/mol. The van der Waals surface area contributed by atoms with Gasteiger partial charge in [-0.2, -0.15) is 0 Å². The van der Waals surface area contributed by atoms with Crippen LogP contribution in [0, 0.1) is 17.3 Å². The van der Waals surface area contributed by atoms with Crippen LogP contribution < -0.4 is 0 Å². The van der Waals surface area contributed by atoms with E-state index >= 15 is 0 Å². The van der Waals surface area contributed by atoms with Crippen LogP contribution in [0.5, 0.6) is 0 Å². The number of rotatable bonds is 6. The van der Waals surface area contributed by atoms with Crippen molar-refractivity contribution in [3.63, 3.8) is 0 Å². The van der Waals surface area contributed by atoms with Crippen LogP contribution in [0.1, 0.15) is 77.2 Å². The van der Waals surface area contributed by atoms with E-state index in [1.54, 1.807) is 0 Å². The van der Waals surface area contributed by atoms with Crippen molar-refractivity contribution in [3.8, 4) is 0 Å². The topological polar surface area (TPSA) is 0 Å². The van der Waals surface area contributed by atoms with Gasteiger partial charge in [0.1, 0.15) is 0 Å². The summed E-state index contributed by atoms with van der Waals surface area (Å²) in [6, 6.07) is 10.8. The maximum atomic E-state index is 2.53. The number of hydrogen-bond acceptors (Lipinski definition) is 0. The van der Waals surface area contributed by atoms with Gasteiger partial charge in [-0.25, -0.2) is 0 Å². The zero-order valence-electron chi connectivity index (χ0n) is 15.6. The second-order valence-corrected chi connectivity index (χ2v) is 8.28. The van der Waals surface area contributed by atoms with Gasteiger partial charge in [0.25, 0.3) is 0 Å². The van der Waals surface area contributed by atoms with E-state index in [1.165, 1.54) is 68.9 Å². The van der Waals surface area contributed by atoms with Crippen molar-refractivity contribution < 1.29 is 0 Å². The Kier molecular flexibility index (Phi) is 5.98. The third-order valence-corrected chi connectivity index (χ3v) is 6.51. The highest BCUT2D eigenvalue weighted by Crippen LogP contribution is 2.47. The molecule has 1 aromatic rings. The Labute approximate surface area is 149 Å². The Balaban J connectivity index is 1.54. The smallest absolute Gasteiger partial charge is 0.00802 e. The lowest BCUT2D eigenvalue weighted by molar-refractivity contribution is 0.154. The van der Waals surface area contributed by atoms with E-state index in [-0.39, 0.29) is 0 Å². The van der Waals surface area contributed by atoms with Gasteiger partial charge in [0.15, 0.2) is 0 Å². The lowest BCUT2D eigenvalue weighted by atomic mass is 9.64. The minimum absolute atomic E-state index is 0.382. The van der Waals surface area contributed by atoms with Gasteiger partial charge in [0.05, 0.1) is 0 Å². The first kappa shape index (κ1) is 17.5. The van der Waals surface area contributed by atoms with Crippen molar-refractivity contribution in [2.75, 3.05) is 0 Å². The van der Waals surface area contributed by atoms with E-state index in [2.05, 4.69) is 62.4 Å². The van der Waals surface area contributed by atoms with Gasteiger partial charge in [-0.3, -0.25) is 0 Å². The number of allylic oxidation sites excluding steroid dienone is 4. The van der Waals surface area contributed by atoms with Crippen LogP contribution in [0.3, 0.4) is 0 Å². The molecule has 1 unspecified atom stereocenters. The molecule has 2 aliphatic rings. The zero-order chi connectivity index (χ0) is 16.8. The molecule has 0 radical (unpaired) electrons. The van der Waals surface area contributed by atoms with E-state index in [9.17, 15) is 0 Å². The highest BCUT2D eigenvalue weighted by Gasteiger charge is 2.35. The van der Waals surface area contributed by atoms with Crippen LogP contribution in [-0.4, -0.2) is 0 Å². The molecule has 0 aliphatic heterocycles. The molecule has 0 heteroatoms. The van der Waals surface area contributed by atoms with Crippen LogP contribution in [0.4, 0.5) is 0 Å². The van der Waals surface area contributed by atoms with Crippen molar-refractivity contribution in [3.05, 3.63) is 54.1 Å². The summed E-state index contributed by atoms with van der Waals surface area (Å²) in [6.07, 6.45) is 20.1. The number of benzene rings is 1. The average Bonchev–Trinajstić information content (AvgIpc) is 2.64. The second-order valence-electron chi connectivity index (χ2n) is 8.28. The lowest BCUT2D eigenvalue weighted by Gasteiger charge is -2.41. The molecule has 0 amide bonds. The molecule has 24 heavy (non-hydrogen) atoms. The molecule has 130 valence electrons. The molecule has 0 aromatic heterocycles. The maximum absolute atomic E-state index is 2.53. The van der Waals surface area contributed by atoms with Crippen molar-refractivity contribution in [1.29, 1.82) is 0 Å². The number of unbranched alkanes of at least 4 members (excludes halogenated alkanes) is 2. The summed E-state index contributed by atoms with van der Waals surface area (Å²) >= 11 is 0. The SMILES string of the molecule is CCCCCC1CCC(C2(C)C=CC(c3ccccc3)=CC2)CC1. The van der Waals surface area contributed by atoms with E-state index in [4.69, 9.17) is 0 Å². The van der Waals surface area contributed by atoms with Crippen LogP contribution in [-0.2, 0) is 0 Å². The van der Waals surface area contributed by atoms with Gasteiger partial charge in [-0.05, 0) is 47.6 Å². The molecule has 1 aromatic carbocycles. The molecular formula is C24H34. The second kappa shape index (κ2) is 8.19. The highest BCUT2D eigenvalue weighted by molar-refractivity contribution is 5.75. The highest BCUT2D eigenvalue weighted by atomic mass is 14.4. The van der Waals surface area contributed by atoms with E-state index in [0.29, 0.717) is 5.41 Å². The molecule has 0 bridgehead atoms. The molecule has 0 N–H and O–H groups in total. The Morgan fingerprint density at radius 2 is 1.75 bits per heavy atom. The Bertz CT molecular complexity index is 557. The monoisotopic (exact) mass is 322 g/mol. The van der Waals surface area contributed by atoms with Crippen LogP contribution in [0.15, 0.2) is 48.6 Å². The standard InChI is InChI=1S/C24H34/c1-3-4-6-9-20-12-14-23(15-13-20)24(2)18-16-22(17-19-24)21-10-7-5-8-11-21/h5,7-8,10-11,16-18,20,23H,3-4,6,9,12-15,19H2,1-2H3. The Morgan fingerprint density at radius 1 is 1.00 bits per heavy atom. The molecule has 0 heterocycles. The third-order valence-electron chi connectivity index (χ3n) is 6.51. The lowest BCUT2D eigenvalue weighted by Crippen LogP contribution is -2.30. The van der Waals surface area contributed by atoms with Gasteiger partial charge in [-0.1, -0.05) is 101 Å². The first-order valence-corrected chi connectivity index (χ1v) is 10.2. The van der Waals surface area contributed by atoms with E-state index < -0.39 is 0 Å². The fourth-order valence-corrected chi connectivity index (χ4v) is 4.69. The van der Waals surface area contributed by atoms with Crippen LogP contribution in [0.2, 0.25) is 0 Å². The zero-order valence-corrected chi connectivity index (χ0v) is 15.6. The summed E-state index contributed by atoms with van der Waals surface area (Å²) in [5.41, 5.74) is 3.14. The maximum Gasteiger partial charge on any atom is -0.00802 e. The number of hydrogen-bond donors (Lipinski definition) is 0. The van der Waals surface area contributed by atoms with Crippen LogP contribution >= 0.6 is 0 Å². The minimum Gasteiger partial charge on any atom is -0.0774 e. The first-order chi connectivity index (χ1) is 11.7. The van der Waals surface area contributed by atoms with Gasteiger partial charge >= 0.3 is 0 Å². The third kappa shape index (κ3) is 4.21. The normalized spacial score (nSPS) is 30.2. The van der Waals surface area contributed by atoms with Crippen molar-refractivity contribution in [1.82, 2.24) is 0 Å². The Hall–Kier alpha value is -1.30. The quantitative estimate of drug-likeness (QED) is 0.478. The molecule has 0 spiro atoms. The predicted molar refractivity (Wildman–Crippen MR) is 106 cm³/mol. The van der Waals surface area contributed by atoms with Crippen molar-refractivity contribution >= 4 is 5.57 Å². The van der Waals surface area contributed by atoms with E-state index in [1.807, 2.05) is 0 Å². The van der Waals surface area contributed by atoms with Crippen molar-refractivity contribution in [2.24, 2.45) is 17.3 Å². The first-order valence-electron chi connectivity index (χ1n) is 10.2. The summed E-state index contributed by atoms with van der Waals surface area (Å²) in [5, 5.41) is 0. The predicted octanol–water partition coefficient (Wildman–Crippen LogP) is 7.42. The fraction of sp³-hybridized carbons (Fsp3) is 0.583. The molecule has 0 nitrogen and oxygen atoms in total. The molecule has 3 rings (SSSR count). The molecule has 0 saturated heterocycles. The summed E-state index contributed by atoms with van der Waals surface area (Å²) in [7, 11) is 0. The average molecular weight is 323 g/mol. The minimum atomic E-state index is 0.382. The van der Waals surface area contributed by atoms with Gasteiger partial charge < -0.3 is 0 Å². The summed E-state index contributed by atoms with van der Waals surface area (Å²) < 4.78 is 0. The Morgan fingerprint density at radius 3 is 2.38 bits per heavy atom. The largest absolute Gasteiger partial charge is 0.0774 e. The van der Waals surface area contributed by atoms with Gasteiger partial charge in [0, 0.05) is 0 Å². The molecule has 1 atom stereocenters. The fourth-order valence-electron chi connectivity index (χ4n) is 4.69. The summed E-state index contributed by atoms with van der Waals surface area (Å²) in [6.45, 7) is 4.80. The van der Waals surface area contributed by atoms with E-state index in [0.717, 1.165) is 11.8 Å². The summed E-state index contributed by atoms with van der Waals surface area (Å²) in [4.78, 5) is 0. The van der Waals surface area contributed by atoms with Gasteiger partial charge in [-0.15, -0.1) is 0 Å². The summed E-state index contributed by atoms with van der Waals surface area (Å²) in [5.74, 6) is 1.89. The molecule has 1 fully saturated rings. The van der Waals surface area contributed by atoms with Gasteiger partial charge in [0.2, 0.25) is 0 Å². The molecule has 1 saturated carbocycles. The van der Waals surface area contributed by atoms with Crippen molar-refractivity contribution in [2.45, 2.75) is 71.6 Å².